The number of fused-ring (bicyclic) bond motifs is 3. The van der Waals surface area contributed by atoms with Crippen molar-refractivity contribution in [3.8, 4) is 0 Å². The fourth-order valence-corrected chi connectivity index (χ4v) is 7.11. The first-order chi connectivity index (χ1) is 18.1. The highest BCUT2D eigenvalue weighted by Gasteiger charge is 2.45. The smallest absolute Gasteiger partial charge is 0.381 e. The van der Waals surface area contributed by atoms with Crippen molar-refractivity contribution in [1.29, 1.82) is 0 Å². The highest BCUT2D eigenvalue weighted by molar-refractivity contribution is 7.89. The fourth-order valence-electron chi connectivity index (χ4n) is 6.02. The lowest BCUT2D eigenvalue weighted by Gasteiger charge is -2.47. The van der Waals surface area contributed by atoms with E-state index in [4.69, 9.17) is 4.74 Å². The van der Waals surface area contributed by atoms with Gasteiger partial charge in [-0.3, -0.25) is 4.90 Å². The Labute approximate surface area is 223 Å². The number of halogens is 3. The molecule has 1 aliphatic carbocycles. The van der Waals surface area contributed by atoms with Crippen LogP contribution in [0.3, 0.4) is 0 Å². The standard InChI is InChI=1S/C27H37F3N4O3S/c1-33-11-13-34(14-12-33)15-16-38(35,36)31-18-21-8-9-22-25(19-5-3-2-4-6-19)32-24-10-7-20(27(28,29)30)17-23(24)26(22)37-21/h2-5,7,10,17,19,21-22,25-26,31-32H,6,8-9,11-16,18H2,1H3/t19?,21-,22+,25+,26+/m1/s1. The van der Waals surface area contributed by atoms with E-state index in [2.05, 4.69) is 39.0 Å². The average Bonchev–Trinajstić information content (AvgIpc) is 2.91. The van der Waals surface area contributed by atoms with Crippen LogP contribution in [-0.4, -0.2) is 82.4 Å². The van der Waals surface area contributed by atoms with Gasteiger partial charge in [-0.15, -0.1) is 0 Å². The number of hydrogen-bond acceptors (Lipinski definition) is 6. The Bertz CT molecular complexity index is 1150. The Morgan fingerprint density at radius 2 is 1.92 bits per heavy atom. The number of nitrogens with one attached hydrogen (secondary N) is 2. The van der Waals surface area contributed by atoms with E-state index in [1.54, 1.807) is 0 Å². The predicted molar refractivity (Wildman–Crippen MR) is 141 cm³/mol. The molecule has 210 valence electrons. The second kappa shape index (κ2) is 11.3. The van der Waals surface area contributed by atoms with Crippen LogP contribution < -0.4 is 10.0 Å². The zero-order chi connectivity index (χ0) is 26.9. The van der Waals surface area contributed by atoms with Gasteiger partial charge in [0.05, 0.1) is 23.5 Å². The number of benzene rings is 1. The molecule has 1 unspecified atom stereocenters. The van der Waals surface area contributed by atoms with Crippen molar-refractivity contribution >= 4 is 15.7 Å². The van der Waals surface area contributed by atoms with Crippen LogP contribution in [0.25, 0.3) is 0 Å². The third-order valence-corrected chi connectivity index (χ3v) is 9.62. The van der Waals surface area contributed by atoms with E-state index in [9.17, 15) is 21.6 Å². The summed E-state index contributed by atoms with van der Waals surface area (Å²) in [6.07, 6.45) is 5.09. The first-order valence-electron chi connectivity index (χ1n) is 13.4. The SMILES string of the molecule is CN1CCN(CCS(=O)(=O)NC[C@H]2CC[C@@H]3[C@H](O2)c2cc(C(F)(F)F)ccc2N[C@H]3C2C=CC=CC2)CC1. The predicted octanol–water partition coefficient (Wildman–Crippen LogP) is 3.63. The summed E-state index contributed by atoms with van der Waals surface area (Å²) in [4.78, 5) is 4.37. The van der Waals surface area contributed by atoms with Crippen molar-refractivity contribution in [3.63, 3.8) is 0 Å². The molecule has 0 radical (unpaired) electrons. The maximum absolute atomic E-state index is 13.5. The second-order valence-corrected chi connectivity index (χ2v) is 12.8. The first-order valence-corrected chi connectivity index (χ1v) is 15.1. The van der Waals surface area contributed by atoms with Crippen LogP contribution in [-0.2, 0) is 20.9 Å². The molecule has 2 N–H and O–H groups in total. The molecule has 1 aromatic carbocycles. The Hall–Kier alpha value is -1.92. The maximum Gasteiger partial charge on any atom is 0.416 e. The van der Waals surface area contributed by atoms with Gasteiger partial charge in [-0.1, -0.05) is 24.3 Å². The van der Waals surface area contributed by atoms with Crippen LogP contribution in [0.1, 0.15) is 36.5 Å². The summed E-state index contributed by atoms with van der Waals surface area (Å²) in [5.41, 5.74) is 0.450. The van der Waals surface area contributed by atoms with E-state index in [1.807, 2.05) is 12.2 Å². The molecule has 3 heterocycles. The average molecular weight is 555 g/mol. The Morgan fingerprint density at radius 1 is 1.13 bits per heavy atom. The minimum atomic E-state index is -4.45. The topological polar surface area (TPSA) is 73.9 Å². The largest absolute Gasteiger partial charge is 0.416 e. The molecule has 3 aliphatic heterocycles. The molecule has 5 atom stereocenters. The van der Waals surface area contributed by atoms with Crippen LogP contribution in [0.2, 0.25) is 0 Å². The van der Waals surface area contributed by atoms with Crippen molar-refractivity contribution in [2.45, 2.75) is 43.7 Å². The third-order valence-electron chi connectivity index (χ3n) is 8.30. The Kier molecular flexibility index (Phi) is 8.21. The van der Waals surface area contributed by atoms with Gasteiger partial charge in [0.15, 0.2) is 0 Å². The molecule has 2 saturated heterocycles. The van der Waals surface area contributed by atoms with E-state index in [0.29, 0.717) is 24.2 Å². The van der Waals surface area contributed by atoms with E-state index in [0.717, 1.165) is 45.1 Å². The van der Waals surface area contributed by atoms with Gasteiger partial charge in [0.2, 0.25) is 10.0 Å². The number of alkyl halides is 3. The van der Waals surface area contributed by atoms with Crippen LogP contribution >= 0.6 is 0 Å². The van der Waals surface area contributed by atoms with Gasteiger partial charge < -0.3 is 15.0 Å². The van der Waals surface area contributed by atoms with Gasteiger partial charge in [0.25, 0.3) is 0 Å². The van der Waals surface area contributed by atoms with Crippen LogP contribution in [0, 0.1) is 11.8 Å². The number of sulfonamides is 1. The van der Waals surface area contributed by atoms with Crippen molar-refractivity contribution in [2.75, 3.05) is 57.4 Å². The summed E-state index contributed by atoms with van der Waals surface area (Å²) < 4.78 is 75.2. The van der Waals surface area contributed by atoms with Crippen molar-refractivity contribution in [2.24, 2.45) is 11.8 Å². The number of allylic oxidation sites excluding steroid dienone is 3. The molecule has 0 aromatic heterocycles. The number of ether oxygens (including phenoxy) is 1. The molecule has 11 heteroatoms. The summed E-state index contributed by atoms with van der Waals surface area (Å²) in [6, 6.07) is 3.81. The molecule has 0 spiro atoms. The van der Waals surface area contributed by atoms with E-state index >= 15 is 0 Å². The minimum Gasteiger partial charge on any atom is -0.381 e. The molecule has 7 nitrogen and oxygen atoms in total. The molecule has 0 saturated carbocycles. The quantitative estimate of drug-likeness (QED) is 0.537. The van der Waals surface area contributed by atoms with Gasteiger partial charge in [-0.25, -0.2) is 13.1 Å². The van der Waals surface area contributed by atoms with Crippen molar-refractivity contribution in [1.82, 2.24) is 14.5 Å². The third kappa shape index (κ3) is 6.44. The van der Waals surface area contributed by atoms with E-state index < -0.39 is 34.0 Å². The maximum atomic E-state index is 13.5. The number of nitrogens with zero attached hydrogens (tertiary/aromatic N) is 2. The summed E-state index contributed by atoms with van der Waals surface area (Å²) in [5, 5.41) is 3.51. The van der Waals surface area contributed by atoms with Gasteiger partial charge >= 0.3 is 6.18 Å². The first kappa shape index (κ1) is 27.6. The van der Waals surface area contributed by atoms with Gasteiger partial charge in [-0.2, -0.15) is 13.2 Å². The monoisotopic (exact) mass is 554 g/mol. The van der Waals surface area contributed by atoms with Crippen molar-refractivity contribution in [3.05, 3.63) is 53.6 Å². The number of likely N-dealkylation sites (N-methyl/N-ethyl adjacent to an activating group) is 1. The highest BCUT2D eigenvalue weighted by Crippen LogP contribution is 2.49. The Morgan fingerprint density at radius 3 is 2.63 bits per heavy atom. The van der Waals surface area contributed by atoms with Crippen LogP contribution in [0.5, 0.6) is 0 Å². The number of anilines is 1. The second-order valence-electron chi connectivity index (χ2n) is 10.9. The minimum absolute atomic E-state index is 0.0147. The zero-order valence-corrected chi connectivity index (χ0v) is 22.5. The molecular formula is C27H37F3N4O3S. The molecule has 5 rings (SSSR count). The zero-order valence-electron chi connectivity index (χ0n) is 21.7. The normalized spacial score (nSPS) is 30.5. The molecule has 0 amide bonds. The molecule has 0 bridgehead atoms. The number of piperazine rings is 1. The van der Waals surface area contributed by atoms with Crippen molar-refractivity contribution < 1.29 is 26.3 Å². The highest BCUT2D eigenvalue weighted by atomic mass is 32.2. The molecule has 38 heavy (non-hydrogen) atoms. The summed E-state index contributed by atoms with van der Waals surface area (Å²) in [5.74, 6) is 0.203. The molecule has 1 aromatic rings. The molecule has 4 aliphatic rings. The lowest BCUT2D eigenvalue weighted by Crippen LogP contribution is -2.49. The van der Waals surface area contributed by atoms with E-state index in [-0.39, 0.29) is 30.2 Å². The van der Waals surface area contributed by atoms with Gasteiger partial charge in [0.1, 0.15) is 0 Å². The number of hydrogen-bond donors (Lipinski definition) is 2. The van der Waals surface area contributed by atoms with Gasteiger partial charge in [-0.05, 0) is 44.5 Å². The molecule has 2 fully saturated rings. The van der Waals surface area contributed by atoms with E-state index in [1.165, 1.54) is 12.1 Å². The number of rotatable bonds is 7. The van der Waals surface area contributed by atoms with Gasteiger partial charge in [0, 0.05) is 68.4 Å². The Balaban J connectivity index is 1.27. The summed E-state index contributed by atoms with van der Waals surface area (Å²) in [6.45, 7) is 4.14. The van der Waals surface area contributed by atoms with Crippen LogP contribution in [0.15, 0.2) is 42.5 Å². The lowest BCUT2D eigenvalue weighted by molar-refractivity contribution is -0.138. The fraction of sp³-hybridized carbons (Fsp3) is 0.630. The molecular weight excluding hydrogens is 517 g/mol. The van der Waals surface area contributed by atoms with Crippen LogP contribution in [0.4, 0.5) is 18.9 Å². The lowest BCUT2D eigenvalue weighted by atomic mass is 9.73. The summed E-state index contributed by atoms with van der Waals surface area (Å²) in [7, 11) is -1.45. The summed E-state index contributed by atoms with van der Waals surface area (Å²) >= 11 is 0.